The molecule has 5 heteroatoms. The van der Waals surface area contributed by atoms with Gasteiger partial charge in [-0.05, 0) is 5.92 Å². The molecule has 0 amide bonds. The molecule has 0 bridgehead atoms. The second kappa shape index (κ2) is 6.88. The Labute approximate surface area is 123 Å². The highest BCUT2D eigenvalue weighted by atomic mass is 28.4. The Morgan fingerprint density at radius 1 is 1.00 bits per heavy atom. The topological polar surface area (TPSA) is 52.6 Å². The van der Waals surface area contributed by atoms with Gasteiger partial charge in [-0.3, -0.25) is 0 Å². The number of carbonyl (C=O) groups excluding carboxylic acids is 2. The molecular weight excluding hydrogens is 272 g/mol. The van der Waals surface area contributed by atoms with Gasteiger partial charge >= 0.3 is 20.5 Å². The first-order chi connectivity index (χ1) is 9.05. The van der Waals surface area contributed by atoms with Crippen LogP contribution in [-0.2, 0) is 18.4 Å². The van der Waals surface area contributed by atoms with Crippen molar-refractivity contribution < 1.29 is 18.4 Å². The van der Waals surface area contributed by atoms with Gasteiger partial charge in [0.25, 0.3) is 0 Å². The van der Waals surface area contributed by atoms with Crippen molar-refractivity contribution in [1.82, 2.24) is 0 Å². The van der Waals surface area contributed by atoms with Crippen LogP contribution < -0.4 is 0 Å². The van der Waals surface area contributed by atoms with Gasteiger partial charge < -0.3 is 8.85 Å². The molecule has 0 radical (unpaired) electrons. The van der Waals surface area contributed by atoms with Crippen LogP contribution in [0.15, 0.2) is 25.3 Å². The first-order valence-electron chi connectivity index (χ1n) is 6.76. The molecule has 0 heterocycles. The standard InChI is InChI=1S/C15H26O4Si/c1-9-13(16)18-20(12(5)6,19-14(17)10-2)15(7,8)11(3)4/h9-12H,1-2H2,3-8H3. The summed E-state index contributed by atoms with van der Waals surface area (Å²) in [7, 11) is -3.17. The minimum absolute atomic E-state index is 0.0901. The van der Waals surface area contributed by atoms with Gasteiger partial charge in [0.05, 0.1) is 0 Å². The second-order valence-corrected chi connectivity index (χ2v) is 10.1. The van der Waals surface area contributed by atoms with Gasteiger partial charge in [-0.25, -0.2) is 9.59 Å². The molecular formula is C15H26O4Si. The van der Waals surface area contributed by atoms with Gasteiger partial charge in [0, 0.05) is 22.7 Å². The molecule has 20 heavy (non-hydrogen) atoms. The first-order valence-corrected chi connectivity index (χ1v) is 8.65. The van der Waals surface area contributed by atoms with Crippen LogP contribution in [0.5, 0.6) is 0 Å². The van der Waals surface area contributed by atoms with E-state index in [2.05, 4.69) is 13.2 Å². The summed E-state index contributed by atoms with van der Waals surface area (Å²) in [5, 5.41) is -0.446. The van der Waals surface area contributed by atoms with Gasteiger partial charge in [-0.2, -0.15) is 0 Å². The van der Waals surface area contributed by atoms with E-state index in [1.165, 1.54) is 0 Å². The predicted octanol–water partition coefficient (Wildman–Crippen LogP) is 3.73. The molecule has 0 unspecified atom stereocenters. The normalized spacial score (nSPS) is 12.2. The molecule has 0 aromatic heterocycles. The Morgan fingerprint density at radius 2 is 1.35 bits per heavy atom. The van der Waals surface area contributed by atoms with E-state index < -0.39 is 25.5 Å². The molecule has 0 aromatic carbocycles. The lowest BCUT2D eigenvalue weighted by Gasteiger charge is -2.45. The average molecular weight is 298 g/mol. The van der Waals surface area contributed by atoms with Gasteiger partial charge in [0.1, 0.15) is 0 Å². The molecule has 0 fully saturated rings. The van der Waals surface area contributed by atoms with E-state index in [4.69, 9.17) is 8.85 Å². The summed E-state index contributed by atoms with van der Waals surface area (Å²) < 4.78 is 11.3. The Bertz CT molecular complexity index is 375. The van der Waals surface area contributed by atoms with Crippen molar-refractivity contribution in [2.24, 2.45) is 5.92 Å². The minimum Gasteiger partial charge on any atom is -0.481 e. The Balaban J connectivity index is 5.92. The maximum Gasteiger partial charge on any atom is 0.473 e. The van der Waals surface area contributed by atoms with Crippen molar-refractivity contribution >= 4 is 20.5 Å². The third-order valence-corrected chi connectivity index (χ3v) is 8.84. The molecule has 0 aromatic rings. The lowest BCUT2D eigenvalue weighted by Crippen LogP contribution is -2.57. The van der Waals surface area contributed by atoms with Crippen molar-refractivity contribution in [3.05, 3.63) is 25.3 Å². The zero-order chi connectivity index (χ0) is 16.1. The lowest BCUT2D eigenvalue weighted by atomic mass is 9.99. The van der Waals surface area contributed by atoms with Gasteiger partial charge in [-0.15, -0.1) is 0 Å². The Hall–Kier alpha value is -1.36. The molecule has 0 saturated heterocycles. The van der Waals surface area contributed by atoms with E-state index in [0.29, 0.717) is 0 Å². The van der Waals surface area contributed by atoms with Crippen LogP contribution in [0.4, 0.5) is 0 Å². The van der Waals surface area contributed by atoms with Crippen LogP contribution in [-0.4, -0.2) is 20.5 Å². The number of hydrogen-bond donors (Lipinski definition) is 0. The van der Waals surface area contributed by atoms with E-state index in [9.17, 15) is 9.59 Å². The van der Waals surface area contributed by atoms with Gasteiger partial charge in [0.2, 0.25) is 0 Å². The van der Waals surface area contributed by atoms with E-state index in [-0.39, 0.29) is 11.5 Å². The molecule has 114 valence electrons. The monoisotopic (exact) mass is 298 g/mol. The third-order valence-electron chi connectivity index (χ3n) is 3.94. The SMILES string of the molecule is C=CC(=O)O[Si](OC(=O)C=C)(C(C)C)C(C)(C)C(C)C. The minimum atomic E-state index is -3.17. The molecule has 0 rings (SSSR count). The largest absolute Gasteiger partial charge is 0.481 e. The molecule has 4 nitrogen and oxygen atoms in total. The fourth-order valence-corrected chi connectivity index (χ4v) is 6.14. The fourth-order valence-electron chi connectivity index (χ4n) is 2.05. The van der Waals surface area contributed by atoms with Crippen molar-refractivity contribution in [3.63, 3.8) is 0 Å². The summed E-state index contributed by atoms with van der Waals surface area (Å²) >= 11 is 0. The average Bonchev–Trinajstić information content (AvgIpc) is 2.36. The van der Waals surface area contributed by atoms with Crippen molar-refractivity contribution in [2.45, 2.75) is 52.1 Å². The molecule has 0 aliphatic rings. The summed E-state index contributed by atoms with van der Waals surface area (Å²) in [6.45, 7) is 18.6. The van der Waals surface area contributed by atoms with Crippen LogP contribution in [0.2, 0.25) is 10.6 Å². The Morgan fingerprint density at radius 3 is 1.55 bits per heavy atom. The lowest BCUT2D eigenvalue weighted by molar-refractivity contribution is -0.137. The Kier molecular flexibility index (Phi) is 6.41. The highest BCUT2D eigenvalue weighted by Gasteiger charge is 2.61. The summed E-state index contributed by atoms with van der Waals surface area (Å²) in [6, 6.07) is 0. The van der Waals surface area contributed by atoms with Crippen LogP contribution in [0.1, 0.15) is 41.5 Å². The van der Waals surface area contributed by atoms with E-state index in [1.807, 2.05) is 41.5 Å². The van der Waals surface area contributed by atoms with Crippen LogP contribution >= 0.6 is 0 Å². The van der Waals surface area contributed by atoms with Crippen molar-refractivity contribution in [1.29, 1.82) is 0 Å². The van der Waals surface area contributed by atoms with Gasteiger partial charge in [-0.1, -0.05) is 54.7 Å². The molecule has 0 aliphatic heterocycles. The smallest absolute Gasteiger partial charge is 0.473 e. The summed E-state index contributed by atoms with van der Waals surface area (Å²) in [5.74, 6) is -0.946. The molecule has 0 atom stereocenters. The molecule has 0 spiro atoms. The van der Waals surface area contributed by atoms with Gasteiger partial charge in [0.15, 0.2) is 0 Å². The highest BCUT2D eigenvalue weighted by Crippen LogP contribution is 2.50. The molecule has 0 saturated carbocycles. The van der Waals surface area contributed by atoms with E-state index >= 15 is 0 Å². The summed E-state index contributed by atoms with van der Waals surface area (Å²) in [4.78, 5) is 23.5. The zero-order valence-electron chi connectivity index (χ0n) is 13.4. The summed E-state index contributed by atoms with van der Waals surface area (Å²) in [6.07, 6.45) is 2.20. The number of hydrogen-bond acceptors (Lipinski definition) is 4. The van der Waals surface area contributed by atoms with Crippen LogP contribution in [0.25, 0.3) is 0 Å². The maximum absolute atomic E-state index is 11.7. The summed E-state index contributed by atoms with van der Waals surface area (Å²) in [5.41, 5.74) is -0.0901. The zero-order valence-corrected chi connectivity index (χ0v) is 14.4. The quantitative estimate of drug-likeness (QED) is 0.531. The van der Waals surface area contributed by atoms with Crippen LogP contribution in [0, 0.1) is 5.92 Å². The first kappa shape index (κ1) is 18.6. The maximum atomic E-state index is 11.7. The predicted molar refractivity (Wildman–Crippen MR) is 82.3 cm³/mol. The van der Waals surface area contributed by atoms with Crippen molar-refractivity contribution in [3.8, 4) is 0 Å². The van der Waals surface area contributed by atoms with E-state index in [1.54, 1.807) is 0 Å². The molecule has 0 N–H and O–H groups in total. The van der Waals surface area contributed by atoms with Crippen LogP contribution in [0.3, 0.4) is 0 Å². The highest BCUT2D eigenvalue weighted by molar-refractivity contribution is 6.75. The van der Waals surface area contributed by atoms with Crippen molar-refractivity contribution in [2.75, 3.05) is 0 Å². The molecule has 0 aliphatic carbocycles. The third kappa shape index (κ3) is 3.60. The fraction of sp³-hybridized carbons (Fsp3) is 0.600. The number of carbonyl (C=O) groups is 2. The second-order valence-electron chi connectivity index (χ2n) is 5.95. The number of rotatable bonds is 7. The van der Waals surface area contributed by atoms with E-state index in [0.717, 1.165) is 12.2 Å².